The third kappa shape index (κ3) is 9.49. The Hall–Kier alpha value is -8.01. The fourth-order valence-electron chi connectivity index (χ4n) is 8.18. The molecule has 0 aliphatic carbocycles. The second kappa shape index (κ2) is 19.1. The van der Waals surface area contributed by atoms with Crippen LogP contribution in [0, 0.1) is 6.92 Å². The maximum absolute atomic E-state index is 5.14. The monoisotopic (exact) mass is 809 g/mol. The van der Waals surface area contributed by atoms with E-state index < -0.39 is 0 Å². The molecule has 0 aliphatic heterocycles. The summed E-state index contributed by atoms with van der Waals surface area (Å²) in [6.07, 6.45) is 3.20. The number of benzene rings is 9. The van der Waals surface area contributed by atoms with E-state index >= 15 is 0 Å². The molecule has 0 bridgehead atoms. The van der Waals surface area contributed by atoms with Gasteiger partial charge in [-0.3, -0.25) is 4.99 Å². The maximum atomic E-state index is 5.14. The van der Waals surface area contributed by atoms with Crippen molar-refractivity contribution in [2.24, 2.45) is 15.0 Å². The van der Waals surface area contributed by atoms with Crippen LogP contribution in [0.15, 0.2) is 246 Å². The van der Waals surface area contributed by atoms with Crippen LogP contribution < -0.4 is 0 Å². The van der Waals surface area contributed by atoms with E-state index in [1.807, 2.05) is 36.4 Å². The molecule has 3 heteroatoms. The molecule has 9 rings (SSSR count). The van der Waals surface area contributed by atoms with Crippen LogP contribution in [0.5, 0.6) is 0 Å². The van der Waals surface area contributed by atoms with Gasteiger partial charge in [0.15, 0.2) is 11.7 Å². The highest BCUT2D eigenvalue weighted by Gasteiger charge is 2.13. The van der Waals surface area contributed by atoms with Crippen LogP contribution in [0.1, 0.15) is 38.9 Å². The van der Waals surface area contributed by atoms with Gasteiger partial charge in [-0.2, -0.15) is 0 Å². The minimum Gasteiger partial charge on any atom is -0.261 e. The first kappa shape index (κ1) is 40.4. The second-order valence-electron chi connectivity index (χ2n) is 15.7. The van der Waals surface area contributed by atoms with E-state index in [0.29, 0.717) is 18.2 Å². The van der Waals surface area contributed by atoms with Crippen molar-refractivity contribution in [1.82, 2.24) is 0 Å². The summed E-state index contributed by atoms with van der Waals surface area (Å²) in [7, 11) is 0. The van der Waals surface area contributed by atoms with E-state index in [1.165, 1.54) is 44.2 Å². The molecule has 9 aromatic carbocycles. The minimum absolute atomic E-state index is 0.456. The molecule has 0 amide bonds. The first-order chi connectivity index (χ1) is 31.1. The van der Waals surface area contributed by atoms with Crippen LogP contribution in [0.3, 0.4) is 0 Å². The Bertz CT molecular complexity index is 3090. The number of aliphatic imine (C=N–C) groups is 3. The van der Waals surface area contributed by atoms with E-state index in [2.05, 4.69) is 213 Å². The third-order valence-corrected chi connectivity index (χ3v) is 11.5. The lowest BCUT2D eigenvalue weighted by molar-refractivity contribution is 1.06. The number of hydrogen-bond acceptors (Lipinski definition) is 1. The van der Waals surface area contributed by atoms with Gasteiger partial charge in [-0.1, -0.05) is 218 Å². The van der Waals surface area contributed by atoms with Gasteiger partial charge in [0.25, 0.3) is 0 Å². The summed E-state index contributed by atoms with van der Waals surface area (Å²) < 4.78 is 0. The van der Waals surface area contributed by atoms with E-state index in [4.69, 9.17) is 9.98 Å². The predicted octanol–water partition coefficient (Wildman–Crippen LogP) is 14.9. The quantitative estimate of drug-likeness (QED) is 0.0922. The molecule has 302 valence electrons. The average molecular weight is 810 g/mol. The van der Waals surface area contributed by atoms with Crippen LogP contribution >= 0.6 is 0 Å². The molecule has 63 heavy (non-hydrogen) atoms. The Morgan fingerprint density at radius 3 is 1.68 bits per heavy atom. The highest BCUT2D eigenvalue weighted by molar-refractivity contribution is 6.13. The molecule has 0 atom stereocenters. The topological polar surface area (TPSA) is 37.1 Å². The number of hydrogen-bond donors (Lipinski definition) is 0. The molecule has 0 aliphatic rings. The molecule has 9 aromatic rings. The van der Waals surface area contributed by atoms with E-state index in [0.717, 1.165) is 50.9 Å². The lowest BCUT2D eigenvalue weighted by Gasteiger charge is -2.15. The zero-order chi connectivity index (χ0) is 42.8. The zero-order valence-electron chi connectivity index (χ0n) is 35.4. The Kier molecular flexibility index (Phi) is 12.3. The van der Waals surface area contributed by atoms with Gasteiger partial charge in [-0.15, -0.1) is 0 Å². The average Bonchev–Trinajstić information content (AvgIpc) is 3.36. The summed E-state index contributed by atoms with van der Waals surface area (Å²) >= 11 is 0. The summed E-state index contributed by atoms with van der Waals surface area (Å²) in [6.45, 7) is 6.61. The first-order valence-corrected chi connectivity index (χ1v) is 21.4. The van der Waals surface area contributed by atoms with Gasteiger partial charge < -0.3 is 0 Å². The number of aryl methyl sites for hydroxylation is 1. The van der Waals surface area contributed by atoms with Gasteiger partial charge in [0.2, 0.25) is 0 Å². The number of fused-ring (bicyclic) bond motifs is 1. The van der Waals surface area contributed by atoms with Crippen molar-refractivity contribution in [3.8, 4) is 33.4 Å². The van der Waals surface area contributed by atoms with Gasteiger partial charge in [-0.05, 0) is 110 Å². The second-order valence-corrected chi connectivity index (χ2v) is 15.7. The van der Waals surface area contributed by atoms with Crippen molar-refractivity contribution in [2.75, 3.05) is 0 Å². The molecule has 0 saturated carbocycles. The van der Waals surface area contributed by atoms with Crippen LogP contribution in [0.4, 0.5) is 0 Å². The molecule has 0 N–H and O–H groups in total. The van der Waals surface area contributed by atoms with E-state index in [9.17, 15) is 0 Å². The lowest BCUT2D eigenvalue weighted by Crippen LogP contribution is -2.06. The van der Waals surface area contributed by atoms with Gasteiger partial charge >= 0.3 is 0 Å². The van der Waals surface area contributed by atoms with Crippen molar-refractivity contribution in [1.29, 1.82) is 0 Å². The van der Waals surface area contributed by atoms with E-state index in [1.54, 1.807) is 0 Å². The molecule has 0 unspecified atom stereocenters. The fraction of sp³-hybridized carbons (Fsp3) is 0.0500. The molecule has 3 nitrogen and oxygen atoms in total. The smallest absolute Gasteiger partial charge is 0.161 e. The summed E-state index contributed by atoms with van der Waals surface area (Å²) in [6, 6.07) is 78.9. The van der Waals surface area contributed by atoms with Crippen molar-refractivity contribution < 1.29 is 0 Å². The Labute approximate surface area is 370 Å². The maximum Gasteiger partial charge on any atom is 0.161 e. The Morgan fingerprint density at radius 1 is 0.444 bits per heavy atom. The predicted molar refractivity (Wildman–Crippen MR) is 268 cm³/mol. The van der Waals surface area contributed by atoms with Crippen LogP contribution in [-0.2, 0) is 13.0 Å². The molecule has 0 fully saturated rings. The Morgan fingerprint density at radius 2 is 1.00 bits per heavy atom. The summed E-state index contributed by atoms with van der Waals surface area (Å²) in [5, 5.41) is 2.53. The molecule has 0 aromatic heterocycles. The third-order valence-electron chi connectivity index (χ3n) is 11.5. The molecular weight excluding hydrogens is 763 g/mol. The number of nitrogens with zero attached hydrogens (tertiary/aromatic N) is 3. The lowest BCUT2D eigenvalue weighted by atomic mass is 9.88. The van der Waals surface area contributed by atoms with Crippen molar-refractivity contribution in [3.05, 3.63) is 269 Å². The SMILES string of the molecule is C=NC(=NC(=NCc1cccc(-c2ccccc2)c1)c1ccc(-c2ccc(C/C=C(/c3ccccc3)c3c(C)ccc4ccccc34)cc2)cc1)c1cccc(-c2ccccc2)c1. The molecular formula is C60H47N3. The highest BCUT2D eigenvalue weighted by atomic mass is 15.0. The van der Waals surface area contributed by atoms with E-state index in [-0.39, 0.29) is 0 Å². The zero-order valence-corrected chi connectivity index (χ0v) is 35.4. The van der Waals surface area contributed by atoms with Gasteiger partial charge in [0.05, 0.1) is 6.54 Å². The normalized spacial score (nSPS) is 12.0. The number of amidine groups is 2. The van der Waals surface area contributed by atoms with Gasteiger partial charge in [0, 0.05) is 11.1 Å². The van der Waals surface area contributed by atoms with Crippen LogP contribution in [0.2, 0.25) is 0 Å². The standard InChI is InChI=1S/C60H47N3/c1-43-28-32-51-23-12-13-27-56(51)58(43)57(50-21-10-5-11-22-50)39-31-44-29-33-48(34-30-44)49-35-37-52(38-36-49)60(62-42-45-16-14-24-53(40-45)46-17-6-3-7-18-46)63-59(61-2)55-26-15-25-54(41-55)47-19-8-4-9-20-47/h3-30,32-41H,2,31,42H2,1H3/b57-39-,62-60?,63-59?. The largest absolute Gasteiger partial charge is 0.261 e. The van der Waals surface area contributed by atoms with Crippen molar-refractivity contribution in [3.63, 3.8) is 0 Å². The van der Waals surface area contributed by atoms with Gasteiger partial charge in [-0.25, -0.2) is 9.98 Å². The summed E-state index contributed by atoms with van der Waals surface area (Å²) in [5.74, 6) is 1.11. The summed E-state index contributed by atoms with van der Waals surface area (Å²) in [5.41, 5.74) is 16.0. The molecule has 0 saturated heterocycles. The van der Waals surface area contributed by atoms with Crippen LogP contribution in [0.25, 0.3) is 49.7 Å². The summed E-state index contributed by atoms with van der Waals surface area (Å²) in [4.78, 5) is 14.7. The first-order valence-electron chi connectivity index (χ1n) is 21.4. The Balaban J connectivity index is 1.01. The van der Waals surface area contributed by atoms with Crippen molar-refractivity contribution in [2.45, 2.75) is 19.9 Å². The molecule has 0 heterocycles. The molecule has 0 radical (unpaired) electrons. The van der Waals surface area contributed by atoms with Crippen LogP contribution in [-0.4, -0.2) is 18.4 Å². The molecule has 0 spiro atoms. The highest BCUT2D eigenvalue weighted by Crippen LogP contribution is 2.34. The van der Waals surface area contributed by atoms with Gasteiger partial charge in [0.1, 0.15) is 0 Å². The number of rotatable bonds is 11. The minimum atomic E-state index is 0.456. The number of allylic oxidation sites excluding steroid dienone is 1. The van der Waals surface area contributed by atoms with Crippen molar-refractivity contribution >= 4 is 34.7 Å². The fourth-order valence-corrected chi connectivity index (χ4v) is 8.18.